The number of amides is 1. The van der Waals surface area contributed by atoms with Crippen molar-refractivity contribution in [1.82, 2.24) is 5.32 Å². The SMILES string of the molecule is N#CCCNC(=O)C1CC1(Cl)Cl. The van der Waals surface area contributed by atoms with Crippen molar-refractivity contribution in [1.29, 1.82) is 5.26 Å². The molecule has 1 amide bonds. The minimum absolute atomic E-state index is 0.157. The van der Waals surface area contributed by atoms with Gasteiger partial charge in [0.1, 0.15) is 4.33 Å². The van der Waals surface area contributed by atoms with Gasteiger partial charge in [-0.25, -0.2) is 0 Å². The number of carbonyl (C=O) groups excluding carboxylic acids is 1. The number of alkyl halides is 2. The standard InChI is InChI=1S/C7H8Cl2N2O/c8-7(9)4-5(7)6(12)11-3-1-2-10/h5H,1,3-4H2,(H,11,12). The van der Waals surface area contributed by atoms with Crippen molar-refractivity contribution in [3.05, 3.63) is 0 Å². The summed E-state index contributed by atoms with van der Waals surface area (Å²) in [6.45, 7) is 0.371. The van der Waals surface area contributed by atoms with E-state index in [1.54, 1.807) is 0 Å². The van der Waals surface area contributed by atoms with E-state index in [0.717, 1.165) is 0 Å². The maximum Gasteiger partial charge on any atom is 0.226 e. The Morgan fingerprint density at radius 1 is 1.75 bits per heavy atom. The van der Waals surface area contributed by atoms with E-state index in [9.17, 15) is 4.79 Å². The van der Waals surface area contributed by atoms with Crippen LogP contribution < -0.4 is 5.32 Å². The number of halogens is 2. The van der Waals surface area contributed by atoms with Crippen molar-refractivity contribution >= 4 is 29.1 Å². The molecule has 1 aliphatic carbocycles. The average Bonchev–Trinajstić information content (AvgIpc) is 2.60. The molecule has 12 heavy (non-hydrogen) atoms. The molecule has 1 N–H and O–H groups in total. The first-order valence-electron chi connectivity index (χ1n) is 3.60. The molecule has 5 heteroatoms. The van der Waals surface area contributed by atoms with E-state index in [1.807, 2.05) is 6.07 Å². The van der Waals surface area contributed by atoms with Gasteiger partial charge < -0.3 is 5.32 Å². The summed E-state index contributed by atoms with van der Waals surface area (Å²) in [6.07, 6.45) is 0.824. The van der Waals surface area contributed by atoms with Crippen molar-refractivity contribution in [3.8, 4) is 6.07 Å². The third-order valence-corrected chi connectivity index (χ3v) is 2.51. The lowest BCUT2D eigenvalue weighted by Crippen LogP contribution is -2.27. The molecule has 1 saturated carbocycles. The van der Waals surface area contributed by atoms with E-state index in [0.29, 0.717) is 19.4 Å². The van der Waals surface area contributed by atoms with Crippen molar-refractivity contribution in [3.63, 3.8) is 0 Å². The van der Waals surface area contributed by atoms with Crippen molar-refractivity contribution in [2.75, 3.05) is 6.54 Å². The molecule has 0 saturated heterocycles. The summed E-state index contributed by atoms with van der Waals surface area (Å²) in [7, 11) is 0. The third kappa shape index (κ3) is 2.26. The molecule has 0 aromatic carbocycles. The van der Waals surface area contributed by atoms with E-state index < -0.39 is 4.33 Å². The molecule has 1 rings (SSSR count). The van der Waals surface area contributed by atoms with E-state index in [2.05, 4.69) is 5.32 Å². The van der Waals surface area contributed by atoms with E-state index in [-0.39, 0.29) is 11.8 Å². The molecule has 1 atom stereocenters. The van der Waals surface area contributed by atoms with Crippen LogP contribution in [0.4, 0.5) is 0 Å². The second kappa shape index (κ2) is 3.51. The van der Waals surface area contributed by atoms with E-state index in [1.165, 1.54) is 0 Å². The molecule has 0 aliphatic heterocycles. The van der Waals surface area contributed by atoms with Crippen molar-refractivity contribution < 1.29 is 4.79 Å². The molecule has 66 valence electrons. The highest BCUT2D eigenvalue weighted by atomic mass is 35.5. The van der Waals surface area contributed by atoms with Gasteiger partial charge in [0.25, 0.3) is 0 Å². The molecule has 1 aliphatic rings. The van der Waals surface area contributed by atoms with Gasteiger partial charge in [-0.3, -0.25) is 4.79 Å². The van der Waals surface area contributed by atoms with Gasteiger partial charge in [-0.05, 0) is 6.42 Å². The van der Waals surface area contributed by atoms with Crippen LogP contribution in [0.15, 0.2) is 0 Å². The molecule has 1 unspecified atom stereocenters. The molecule has 0 bridgehead atoms. The average molecular weight is 207 g/mol. The number of carbonyl (C=O) groups is 1. The highest BCUT2D eigenvalue weighted by Crippen LogP contribution is 2.53. The molecular weight excluding hydrogens is 199 g/mol. The Morgan fingerprint density at radius 2 is 2.33 bits per heavy atom. The zero-order valence-electron chi connectivity index (χ0n) is 6.31. The van der Waals surface area contributed by atoms with Crippen molar-refractivity contribution in [2.24, 2.45) is 5.92 Å². The molecule has 0 aromatic rings. The summed E-state index contributed by atoms with van der Waals surface area (Å²) < 4.78 is -0.864. The normalized spacial score (nSPS) is 24.2. The Bertz CT molecular complexity index is 234. The minimum Gasteiger partial charge on any atom is -0.355 e. The van der Waals surface area contributed by atoms with Crippen LogP contribution in [0.25, 0.3) is 0 Å². The first kappa shape index (κ1) is 9.63. The third-order valence-electron chi connectivity index (χ3n) is 1.68. The molecule has 0 radical (unpaired) electrons. The second-order valence-corrected chi connectivity index (χ2v) is 4.26. The quantitative estimate of drug-likeness (QED) is 0.558. The fourth-order valence-electron chi connectivity index (χ4n) is 0.863. The van der Waals surface area contributed by atoms with Gasteiger partial charge >= 0.3 is 0 Å². The zero-order valence-corrected chi connectivity index (χ0v) is 7.82. The fourth-order valence-corrected chi connectivity index (χ4v) is 1.37. The lowest BCUT2D eigenvalue weighted by Gasteiger charge is -2.01. The predicted molar refractivity (Wildman–Crippen MR) is 45.8 cm³/mol. The summed E-state index contributed by atoms with van der Waals surface area (Å²) in [6, 6.07) is 1.92. The maximum atomic E-state index is 11.1. The van der Waals surface area contributed by atoms with Crippen LogP contribution in [-0.4, -0.2) is 16.8 Å². The first-order chi connectivity index (χ1) is 5.58. The number of nitriles is 1. The van der Waals surface area contributed by atoms with Gasteiger partial charge in [0.15, 0.2) is 0 Å². The van der Waals surface area contributed by atoms with Gasteiger partial charge in [0, 0.05) is 6.54 Å². The topological polar surface area (TPSA) is 52.9 Å². The lowest BCUT2D eigenvalue weighted by atomic mass is 10.4. The van der Waals surface area contributed by atoms with Gasteiger partial charge in [-0.1, -0.05) is 0 Å². The number of hydrogen-bond acceptors (Lipinski definition) is 2. The zero-order chi connectivity index (χ0) is 9.19. The van der Waals surface area contributed by atoms with Crippen LogP contribution in [-0.2, 0) is 4.79 Å². The fraction of sp³-hybridized carbons (Fsp3) is 0.714. The monoisotopic (exact) mass is 206 g/mol. The summed E-state index contributed by atoms with van der Waals surface area (Å²) >= 11 is 11.3. The smallest absolute Gasteiger partial charge is 0.226 e. The maximum absolute atomic E-state index is 11.1. The van der Waals surface area contributed by atoms with Crippen LogP contribution in [0.3, 0.4) is 0 Å². The first-order valence-corrected chi connectivity index (χ1v) is 4.36. The van der Waals surface area contributed by atoms with Gasteiger partial charge in [0.05, 0.1) is 18.4 Å². The Kier molecular flexibility index (Phi) is 2.81. The van der Waals surface area contributed by atoms with Crippen LogP contribution in [0.5, 0.6) is 0 Å². The lowest BCUT2D eigenvalue weighted by molar-refractivity contribution is -0.122. The van der Waals surface area contributed by atoms with Gasteiger partial charge in [-0.2, -0.15) is 5.26 Å². The molecule has 0 aromatic heterocycles. The predicted octanol–water partition coefficient (Wildman–Crippen LogP) is 1.21. The number of hydrogen-bond donors (Lipinski definition) is 1. The summed E-state index contributed by atoms with van der Waals surface area (Å²) in [5.41, 5.74) is 0. The number of nitrogens with one attached hydrogen (secondary N) is 1. The molecular formula is C7H8Cl2N2O. The highest BCUT2D eigenvalue weighted by molar-refractivity contribution is 6.52. The summed E-state index contributed by atoms with van der Waals surface area (Å²) in [4.78, 5) is 11.1. The van der Waals surface area contributed by atoms with Crippen LogP contribution in [0.1, 0.15) is 12.8 Å². The Morgan fingerprint density at radius 3 is 2.75 bits per heavy atom. The van der Waals surface area contributed by atoms with E-state index >= 15 is 0 Å². The summed E-state index contributed by atoms with van der Waals surface area (Å²) in [5.74, 6) is -0.449. The Hall–Kier alpha value is -0.460. The van der Waals surface area contributed by atoms with Crippen LogP contribution in [0.2, 0.25) is 0 Å². The van der Waals surface area contributed by atoms with Gasteiger partial charge in [-0.15, -0.1) is 23.2 Å². The second-order valence-electron chi connectivity index (χ2n) is 2.72. The Balaban J connectivity index is 2.19. The molecule has 3 nitrogen and oxygen atoms in total. The Labute approximate surface area is 80.6 Å². The number of rotatable bonds is 3. The molecule has 1 fully saturated rings. The largest absolute Gasteiger partial charge is 0.355 e. The van der Waals surface area contributed by atoms with Gasteiger partial charge in [0.2, 0.25) is 5.91 Å². The van der Waals surface area contributed by atoms with Crippen molar-refractivity contribution in [2.45, 2.75) is 17.2 Å². The number of nitrogens with zero attached hydrogens (tertiary/aromatic N) is 1. The molecule has 0 heterocycles. The highest BCUT2D eigenvalue weighted by Gasteiger charge is 2.56. The van der Waals surface area contributed by atoms with E-state index in [4.69, 9.17) is 28.5 Å². The molecule has 0 spiro atoms. The van der Waals surface area contributed by atoms with Crippen LogP contribution in [0, 0.1) is 17.2 Å². The summed E-state index contributed by atoms with van der Waals surface area (Å²) in [5, 5.41) is 10.8. The van der Waals surface area contributed by atoms with Crippen LogP contribution >= 0.6 is 23.2 Å². The minimum atomic E-state index is -0.864.